The molecule has 0 fully saturated rings. The zero-order chi connectivity index (χ0) is 44.4. The van der Waals surface area contributed by atoms with E-state index in [1.807, 2.05) is 0 Å². The van der Waals surface area contributed by atoms with Crippen molar-refractivity contribution in [2.45, 2.75) is 284 Å². The van der Waals surface area contributed by atoms with Gasteiger partial charge in [-0.3, -0.25) is 14.4 Å². The van der Waals surface area contributed by atoms with Crippen molar-refractivity contribution in [2.24, 2.45) is 0 Å². The van der Waals surface area contributed by atoms with Crippen LogP contribution in [0.25, 0.3) is 0 Å². The summed E-state index contributed by atoms with van der Waals surface area (Å²) in [5.41, 5.74) is 0. The molecule has 1 atom stereocenters. The van der Waals surface area contributed by atoms with Crippen LogP contribution in [0.5, 0.6) is 0 Å². The summed E-state index contributed by atoms with van der Waals surface area (Å²) in [5, 5.41) is 0. The summed E-state index contributed by atoms with van der Waals surface area (Å²) in [7, 11) is 0. The van der Waals surface area contributed by atoms with E-state index in [-0.39, 0.29) is 31.1 Å². The summed E-state index contributed by atoms with van der Waals surface area (Å²) < 4.78 is 16.8. The van der Waals surface area contributed by atoms with E-state index in [1.54, 1.807) is 0 Å². The van der Waals surface area contributed by atoms with Crippen molar-refractivity contribution in [1.82, 2.24) is 0 Å². The summed E-state index contributed by atoms with van der Waals surface area (Å²) in [6, 6.07) is 0. The normalized spacial score (nSPS) is 12.2. The molecule has 6 nitrogen and oxygen atoms in total. The molecule has 1 unspecified atom stereocenters. The molecule has 0 aromatic heterocycles. The van der Waals surface area contributed by atoms with Gasteiger partial charge in [0, 0.05) is 19.3 Å². The number of carbonyl (C=O) groups excluding carboxylic acids is 3. The zero-order valence-electron chi connectivity index (χ0n) is 40.7. The second-order valence-corrected chi connectivity index (χ2v) is 17.8. The third kappa shape index (κ3) is 48.5. The second kappa shape index (κ2) is 50.3. The largest absolute Gasteiger partial charge is 0.462 e. The number of allylic oxidation sites excluding steroid dienone is 6. The Morgan fingerprint density at radius 2 is 0.590 bits per heavy atom. The van der Waals surface area contributed by atoms with Gasteiger partial charge in [0.05, 0.1) is 0 Å². The number of unbranched alkanes of at least 4 members (excludes halogenated alkanes) is 31. The van der Waals surface area contributed by atoms with E-state index in [0.29, 0.717) is 19.3 Å². The molecule has 0 rings (SSSR count). The highest BCUT2D eigenvalue weighted by molar-refractivity contribution is 5.71. The molecule has 0 aromatic rings. The van der Waals surface area contributed by atoms with Crippen LogP contribution >= 0.6 is 0 Å². The highest BCUT2D eigenvalue weighted by atomic mass is 16.6. The molecule has 0 saturated carbocycles. The SMILES string of the molecule is CCCCC/C=C\C/C=C\CCCCCCCC(=O)OC(COC(=O)CCCCCCCCC/C=C\CCCCCCCC)COC(=O)CCCCCCCCCCCCC. The third-order valence-corrected chi connectivity index (χ3v) is 11.6. The molecule has 0 aliphatic carbocycles. The smallest absolute Gasteiger partial charge is 0.306 e. The maximum Gasteiger partial charge on any atom is 0.306 e. The second-order valence-electron chi connectivity index (χ2n) is 17.8. The zero-order valence-corrected chi connectivity index (χ0v) is 40.7. The van der Waals surface area contributed by atoms with Crippen molar-refractivity contribution in [3.8, 4) is 0 Å². The van der Waals surface area contributed by atoms with E-state index >= 15 is 0 Å². The Morgan fingerprint density at radius 3 is 0.951 bits per heavy atom. The average molecular weight is 857 g/mol. The van der Waals surface area contributed by atoms with Crippen LogP contribution in [0.4, 0.5) is 0 Å². The van der Waals surface area contributed by atoms with E-state index in [1.165, 1.54) is 154 Å². The maximum absolute atomic E-state index is 12.8. The molecule has 0 N–H and O–H groups in total. The van der Waals surface area contributed by atoms with E-state index in [9.17, 15) is 14.4 Å². The lowest BCUT2D eigenvalue weighted by Gasteiger charge is -2.18. The van der Waals surface area contributed by atoms with Crippen LogP contribution in [0.1, 0.15) is 278 Å². The molecule has 6 heteroatoms. The number of esters is 3. The van der Waals surface area contributed by atoms with Crippen LogP contribution in [0.3, 0.4) is 0 Å². The van der Waals surface area contributed by atoms with Gasteiger partial charge in [-0.25, -0.2) is 0 Å². The summed E-state index contributed by atoms with van der Waals surface area (Å²) in [6.45, 7) is 6.61. The van der Waals surface area contributed by atoms with Gasteiger partial charge in [0.25, 0.3) is 0 Å². The average Bonchev–Trinajstić information content (AvgIpc) is 3.26. The fraction of sp³-hybridized carbons (Fsp3) is 0.836. The molecule has 0 spiro atoms. The minimum Gasteiger partial charge on any atom is -0.462 e. The fourth-order valence-corrected chi connectivity index (χ4v) is 7.59. The lowest BCUT2D eigenvalue weighted by molar-refractivity contribution is -0.167. The number of hydrogen-bond acceptors (Lipinski definition) is 6. The summed E-state index contributed by atoms with van der Waals surface area (Å²) in [5.74, 6) is -0.885. The minimum absolute atomic E-state index is 0.0764. The molecular formula is C55H100O6. The van der Waals surface area contributed by atoms with Crippen LogP contribution in [0, 0.1) is 0 Å². The molecule has 0 aliphatic rings. The maximum atomic E-state index is 12.8. The van der Waals surface area contributed by atoms with Crippen molar-refractivity contribution in [2.75, 3.05) is 13.2 Å². The van der Waals surface area contributed by atoms with Crippen molar-refractivity contribution in [1.29, 1.82) is 0 Å². The first-order chi connectivity index (χ1) is 30.0. The van der Waals surface area contributed by atoms with Gasteiger partial charge in [-0.1, -0.05) is 218 Å². The van der Waals surface area contributed by atoms with Crippen molar-refractivity contribution in [3.05, 3.63) is 36.5 Å². The topological polar surface area (TPSA) is 78.9 Å². The first kappa shape index (κ1) is 58.6. The molecule has 0 aromatic carbocycles. The van der Waals surface area contributed by atoms with E-state index in [2.05, 4.69) is 57.2 Å². The van der Waals surface area contributed by atoms with Gasteiger partial charge in [0.15, 0.2) is 6.10 Å². The van der Waals surface area contributed by atoms with Crippen LogP contribution < -0.4 is 0 Å². The van der Waals surface area contributed by atoms with Gasteiger partial charge in [-0.05, 0) is 77.0 Å². The van der Waals surface area contributed by atoms with Gasteiger partial charge in [-0.15, -0.1) is 0 Å². The molecule has 356 valence electrons. The molecular weight excluding hydrogens is 757 g/mol. The van der Waals surface area contributed by atoms with Crippen LogP contribution in [-0.2, 0) is 28.6 Å². The summed E-state index contributed by atoms with van der Waals surface area (Å²) in [4.78, 5) is 38.0. The Balaban J connectivity index is 4.36. The van der Waals surface area contributed by atoms with Crippen molar-refractivity contribution < 1.29 is 28.6 Å². The number of hydrogen-bond donors (Lipinski definition) is 0. The Bertz CT molecular complexity index is 1030. The predicted octanol–water partition coefficient (Wildman–Crippen LogP) is 17.3. The lowest BCUT2D eigenvalue weighted by atomic mass is 10.1. The summed E-state index contributed by atoms with van der Waals surface area (Å²) >= 11 is 0. The van der Waals surface area contributed by atoms with Gasteiger partial charge < -0.3 is 14.2 Å². The molecule has 0 bridgehead atoms. The number of carbonyl (C=O) groups is 3. The first-order valence-electron chi connectivity index (χ1n) is 26.5. The molecule has 0 saturated heterocycles. The predicted molar refractivity (Wildman–Crippen MR) is 261 cm³/mol. The molecule has 0 heterocycles. The van der Waals surface area contributed by atoms with Crippen molar-refractivity contribution >= 4 is 17.9 Å². The Hall–Kier alpha value is -2.37. The van der Waals surface area contributed by atoms with Gasteiger partial charge in [0.2, 0.25) is 0 Å². The van der Waals surface area contributed by atoms with Crippen LogP contribution in [0.15, 0.2) is 36.5 Å². The lowest BCUT2D eigenvalue weighted by Crippen LogP contribution is -2.30. The van der Waals surface area contributed by atoms with E-state index in [4.69, 9.17) is 14.2 Å². The Morgan fingerprint density at radius 1 is 0.328 bits per heavy atom. The Labute approximate surface area is 378 Å². The van der Waals surface area contributed by atoms with Gasteiger partial charge in [-0.2, -0.15) is 0 Å². The van der Waals surface area contributed by atoms with E-state index < -0.39 is 6.10 Å². The Kier molecular flexibility index (Phi) is 48.3. The quantitative estimate of drug-likeness (QED) is 0.0262. The monoisotopic (exact) mass is 857 g/mol. The molecule has 0 aliphatic heterocycles. The van der Waals surface area contributed by atoms with Gasteiger partial charge in [0.1, 0.15) is 13.2 Å². The third-order valence-electron chi connectivity index (χ3n) is 11.6. The highest BCUT2D eigenvalue weighted by Gasteiger charge is 2.19. The van der Waals surface area contributed by atoms with E-state index in [0.717, 1.165) is 83.5 Å². The van der Waals surface area contributed by atoms with Crippen LogP contribution in [-0.4, -0.2) is 37.2 Å². The molecule has 61 heavy (non-hydrogen) atoms. The molecule has 0 radical (unpaired) electrons. The summed E-state index contributed by atoms with van der Waals surface area (Å²) in [6.07, 6.45) is 58.4. The van der Waals surface area contributed by atoms with Crippen molar-refractivity contribution in [3.63, 3.8) is 0 Å². The molecule has 0 amide bonds. The number of ether oxygens (including phenoxy) is 3. The number of rotatable bonds is 48. The fourth-order valence-electron chi connectivity index (χ4n) is 7.59. The highest BCUT2D eigenvalue weighted by Crippen LogP contribution is 2.15. The standard InChI is InChI=1S/C55H100O6/c1-4-7-10-13-16-19-22-24-26-27-29-30-33-36-39-42-45-48-54(57)60-51-52(50-59-53(56)47-44-41-38-35-32-21-18-15-12-9-6-3)61-55(58)49-46-43-40-37-34-31-28-25-23-20-17-14-11-8-5-2/h17,20,24-26,28,52H,4-16,18-19,21-23,27,29-51H2,1-3H3/b20-17-,26-24-,28-25-. The van der Waals surface area contributed by atoms with Crippen LogP contribution in [0.2, 0.25) is 0 Å². The first-order valence-corrected chi connectivity index (χ1v) is 26.5. The minimum atomic E-state index is -0.777. The van der Waals surface area contributed by atoms with Gasteiger partial charge >= 0.3 is 17.9 Å².